The standard InChI is InChI=1S/C27H28ClN5O3/c1-29-24-14-20-23(15-26(24)35-16-17-8-11-33(2)12-9-17)30-10-7-25(20)36-19-5-6-22(21(28)13-19)32-27(34)31-18-3-4-18/h5-7,10,13-15,17-18H,3-4,8-9,11-12,16H2,2H3,(H2,31,32,34). The zero-order chi connectivity index (χ0) is 25.1. The van der Waals surface area contributed by atoms with Crippen LogP contribution in [0.25, 0.3) is 15.7 Å². The lowest BCUT2D eigenvalue weighted by atomic mass is 9.98. The highest BCUT2D eigenvalue weighted by molar-refractivity contribution is 6.33. The van der Waals surface area contributed by atoms with E-state index in [0.717, 1.165) is 38.8 Å². The molecule has 0 bridgehead atoms. The molecule has 2 fully saturated rings. The number of hydrogen-bond donors (Lipinski definition) is 2. The first-order valence-corrected chi connectivity index (χ1v) is 12.5. The molecule has 2 N–H and O–H groups in total. The predicted octanol–water partition coefficient (Wildman–Crippen LogP) is 6.24. The highest BCUT2D eigenvalue weighted by Gasteiger charge is 2.23. The Morgan fingerprint density at radius 2 is 1.97 bits per heavy atom. The molecule has 1 aliphatic carbocycles. The van der Waals surface area contributed by atoms with Crippen LogP contribution in [-0.2, 0) is 0 Å². The van der Waals surface area contributed by atoms with Gasteiger partial charge < -0.3 is 25.0 Å². The summed E-state index contributed by atoms with van der Waals surface area (Å²) in [5, 5.41) is 6.70. The van der Waals surface area contributed by atoms with Crippen LogP contribution in [0.3, 0.4) is 0 Å². The number of amides is 2. The molecule has 0 unspecified atom stereocenters. The maximum atomic E-state index is 12.0. The lowest BCUT2D eigenvalue weighted by molar-refractivity contribution is 0.160. The van der Waals surface area contributed by atoms with Gasteiger partial charge in [-0.05, 0) is 82.1 Å². The number of anilines is 1. The van der Waals surface area contributed by atoms with E-state index in [-0.39, 0.29) is 12.1 Å². The summed E-state index contributed by atoms with van der Waals surface area (Å²) in [5.74, 6) is 2.09. The van der Waals surface area contributed by atoms with Crippen molar-refractivity contribution >= 4 is 39.9 Å². The summed E-state index contributed by atoms with van der Waals surface area (Å²) in [4.78, 5) is 22.5. The second-order valence-electron chi connectivity index (χ2n) is 9.43. The zero-order valence-electron chi connectivity index (χ0n) is 20.1. The second kappa shape index (κ2) is 10.6. The number of carbonyl (C=O) groups excluding carboxylic acids is 1. The monoisotopic (exact) mass is 505 g/mol. The van der Waals surface area contributed by atoms with Gasteiger partial charge in [0.15, 0.2) is 0 Å². The molecule has 0 radical (unpaired) electrons. The first kappa shape index (κ1) is 24.2. The SMILES string of the molecule is [C-]#[N+]c1cc2c(Oc3ccc(NC(=O)NC4CC4)c(Cl)c3)ccnc2cc1OCC1CCN(C)CC1. The third kappa shape index (κ3) is 5.81. The number of ether oxygens (including phenoxy) is 2. The number of likely N-dealkylation sites (tertiary alicyclic amines) is 1. The van der Waals surface area contributed by atoms with Gasteiger partial charge >= 0.3 is 6.03 Å². The van der Waals surface area contributed by atoms with E-state index in [1.54, 1.807) is 36.5 Å². The van der Waals surface area contributed by atoms with Gasteiger partial charge in [-0.25, -0.2) is 9.64 Å². The van der Waals surface area contributed by atoms with Crippen molar-refractivity contribution in [2.75, 3.05) is 32.1 Å². The van der Waals surface area contributed by atoms with Crippen molar-refractivity contribution in [1.82, 2.24) is 15.2 Å². The maximum absolute atomic E-state index is 12.0. The van der Waals surface area contributed by atoms with Gasteiger partial charge in [-0.1, -0.05) is 11.6 Å². The number of rotatable bonds is 7. The van der Waals surface area contributed by atoms with Gasteiger partial charge in [-0.15, -0.1) is 0 Å². The van der Waals surface area contributed by atoms with E-state index >= 15 is 0 Å². The van der Waals surface area contributed by atoms with Crippen LogP contribution in [0.4, 0.5) is 16.2 Å². The van der Waals surface area contributed by atoms with Gasteiger partial charge in [0.05, 0.1) is 29.4 Å². The lowest BCUT2D eigenvalue weighted by Crippen LogP contribution is -2.32. The summed E-state index contributed by atoms with van der Waals surface area (Å²) in [7, 11) is 2.14. The number of piperidine rings is 1. The molecule has 36 heavy (non-hydrogen) atoms. The van der Waals surface area contributed by atoms with Crippen molar-refractivity contribution in [2.24, 2.45) is 5.92 Å². The average Bonchev–Trinajstić information content (AvgIpc) is 3.69. The summed E-state index contributed by atoms with van der Waals surface area (Å²) < 4.78 is 12.2. The average molecular weight is 506 g/mol. The first-order chi connectivity index (χ1) is 17.5. The molecule has 1 saturated heterocycles. The van der Waals surface area contributed by atoms with Crippen molar-refractivity contribution in [3.63, 3.8) is 0 Å². The molecule has 5 rings (SSSR count). The van der Waals surface area contributed by atoms with E-state index in [9.17, 15) is 4.79 Å². The number of pyridine rings is 1. The Morgan fingerprint density at radius 3 is 2.69 bits per heavy atom. The van der Waals surface area contributed by atoms with Crippen molar-refractivity contribution in [3.8, 4) is 17.2 Å². The molecule has 9 heteroatoms. The summed E-state index contributed by atoms with van der Waals surface area (Å²) in [6, 6.07) is 10.4. The summed E-state index contributed by atoms with van der Waals surface area (Å²) in [6.07, 6.45) is 5.87. The normalized spacial score (nSPS) is 16.4. The van der Waals surface area contributed by atoms with Crippen molar-refractivity contribution in [1.29, 1.82) is 0 Å². The molecule has 1 aliphatic heterocycles. The van der Waals surface area contributed by atoms with Crippen molar-refractivity contribution in [2.45, 2.75) is 31.7 Å². The van der Waals surface area contributed by atoms with E-state index in [0.29, 0.717) is 57.1 Å². The predicted molar refractivity (Wildman–Crippen MR) is 140 cm³/mol. The molecular weight excluding hydrogens is 478 g/mol. The van der Waals surface area contributed by atoms with Crippen LogP contribution in [0.15, 0.2) is 42.6 Å². The summed E-state index contributed by atoms with van der Waals surface area (Å²) in [5.41, 5.74) is 1.61. The van der Waals surface area contributed by atoms with Crippen LogP contribution in [0.2, 0.25) is 5.02 Å². The van der Waals surface area contributed by atoms with Crippen LogP contribution in [0, 0.1) is 12.5 Å². The third-order valence-corrected chi connectivity index (χ3v) is 6.86. The minimum atomic E-state index is -0.270. The van der Waals surface area contributed by atoms with Gasteiger partial charge in [0.2, 0.25) is 5.69 Å². The highest BCUT2D eigenvalue weighted by Crippen LogP contribution is 2.38. The van der Waals surface area contributed by atoms with Crippen molar-refractivity contribution in [3.05, 3.63) is 59.0 Å². The van der Waals surface area contributed by atoms with Gasteiger partial charge in [-0.2, -0.15) is 0 Å². The van der Waals surface area contributed by atoms with Crippen molar-refractivity contribution < 1.29 is 14.3 Å². The third-order valence-electron chi connectivity index (χ3n) is 6.54. The molecule has 186 valence electrons. The highest BCUT2D eigenvalue weighted by atomic mass is 35.5. The van der Waals surface area contributed by atoms with E-state index in [1.807, 2.05) is 6.07 Å². The molecule has 0 spiro atoms. The Balaban J connectivity index is 1.31. The number of fused-ring (bicyclic) bond motifs is 1. The Labute approximate surface area is 215 Å². The van der Waals surface area contributed by atoms with Crippen LogP contribution >= 0.6 is 11.6 Å². The smallest absolute Gasteiger partial charge is 0.319 e. The number of hydrogen-bond acceptors (Lipinski definition) is 5. The Morgan fingerprint density at radius 1 is 1.17 bits per heavy atom. The quantitative estimate of drug-likeness (QED) is 0.372. The van der Waals surface area contributed by atoms with Crippen LogP contribution in [-0.4, -0.2) is 48.7 Å². The second-order valence-corrected chi connectivity index (χ2v) is 9.84. The minimum absolute atomic E-state index is 0.256. The van der Waals surface area contributed by atoms with E-state index in [1.165, 1.54) is 0 Å². The topological polar surface area (TPSA) is 80.1 Å². The Hall–Kier alpha value is -3.54. The van der Waals surface area contributed by atoms with E-state index in [2.05, 4.69) is 32.4 Å². The number of urea groups is 1. The fourth-order valence-corrected chi connectivity index (χ4v) is 4.44. The number of aromatic nitrogens is 1. The molecule has 1 aromatic heterocycles. The first-order valence-electron chi connectivity index (χ1n) is 12.1. The molecular formula is C27H28ClN5O3. The fraction of sp³-hybridized carbons (Fsp3) is 0.370. The molecule has 1 saturated carbocycles. The van der Waals surface area contributed by atoms with Crippen LogP contribution < -0.4 is 20.1 Å². The number of benzene rings is 2. The van der Waals surface area contributed by atoms with E-state index < -0.39 is 0 Å². The minimum Gasteiger partial charge on any atom is -0.504 e. The molecule has 2 heterocycles. The van der Waals surface area contributed by atoms with Gasteiger partial charge in [-0.3, -0.25) is 4.98 Å². The maximum Gasteiger partial charge on any atom is 0.319 e. The molecule has 8 nitrogen and oxygen atoms in total. The van der Waals surface area contributed by atoms with Gasteiger partial charge in [0.25, 0.3) is 0 Å². The molecule has 0 atom stereocenters. The number of nitrogens with one attached hydrogen (secondary N) is 2. The number of halogens is 1. The number of nitrogens with zero attached hydrogens (tertiary/aromatic N) is 3. The number of carbonyl (C=O) groups is 1. The van der Waals surface area contributed by atoms with Gasteiger partial charge in [0, 0.05) is 23.7 Å². The largest absolute Gasteiger partial charge is 0.504 e. The van der Waals surface area contributed by atoms with Gasteiger partial charge in [0.1, 0.15) is 17.2 Å². The molecule has 2 amide bonds. The fourth-order valence-electron chi connectivity index (χ4n) is 4.22. The van der Waals surface area contributed by atoms with Crippen LogP contribution in [0.5, 0.6) is 17.2 Å². The molecule has 2 aromatic carbocycles. The molecule has 2 aliphatic rings. The molecule has 3 aromatic rings. The van der Waals surface area contributed by atoms with Crippen LogP contribution in [0.1, 0.15) is 25.7 Å². The lowest BCUT2D eigenvalue weighted by Gasteiger charge is -2.28. The zero-order valence-corrected chi connectivity index (χ0v) is 20.8. The summed E-state index contributed by atoms with van der Waals surface area (Å²) in [6.45, 7) is 10.4. The van der Waals surface area contributed by atoms with E-state index in [4.69, 9.17) is 27.6 Å². The Bertz CT molecular complexity index is 1310. The Kier molecular flexibility index (Phi) is 7.12. The summed E-state index contributed by atoms with van der Waals surface area (Å²) >= 11 is 6.39.